The molecule has 0 aliphatic rings. The number of nitrogen functional groups attached to an aromatic ring is 1. The monoisotopic (exact) mass is 281 g/mol. The van der Waals surface area contributed by atoms with E-state index in [1.54, 1.807) is 0 Å². The Morgan fingerprint density at radius 2 is 2.08 bits per heavy atom. The fourth-order valence-electron chi connectivity index (χ4n) is 0.865. The predicted molar refractivity (Wildman–Crippen MR) is 58.6 cm³/mol. The third kappa shape index (κ3) is 1.98. The summed E-state index contributed by atoms with van der Waals surface area (Å²) in [6.45, 7) is 1.43. The van der Waals surface area contributed by atoms with Gasteiger partial charge in [-0.05, 0) is 28.9 Å². The Labute approximate surface area is 94.1 Å². The molecule has 0 amide bonds. The molecule has 70 valence electrons. The third-order valence-corrected chi connectivity index (χ3v) is 3.33. The van der Waals surface area contributed by atoms with Crippen LogP contribution in [0.25, 0.3) is 0 Å². The van der Waals surface area contributed by atoms with Crippen LogP contribution in [-0.4, -0.2) is 5.78 Å². The molecule has 5 heteroatoms. The lowest BCUT2D eigenvalue weighted by Gasteiger charge is -2.07. The Morgan fingerprint density at radius 3 is 2.54 bits per heavy atom. The first kappa shape index (κ1) is 10.8. The standard InChI is InChI=1S/C8H6BrCl2NO/c1-3(13)4-2-5(10)8(12)7(11)6(4)9/h2H,12H2,1H3. The maximum Gasteiger partial charge on any atom is 0.161 e. The van der Waals surface area contributed by atoms with Gasteiger partial charge in [-0.1, -0.05) is 23.2 Å². The average molecular weight is 283 g/mol. The molecule has 1 aromatic carbocycles. The van der Waals surface area contributed by atoms with Crippen LogP contribution in [0.3, 0.4) is 0 Å². The number of carbonyl (C=O) groups excluding carboxylic acids is 1. The lowest BCUT2D eigenvalue weighted by Crippen LogP contribution is -1.98. The molecule has 0 aliphatic heterocycles. The highest BCUT2D eigenvalue weighted by molar-refractivity contribution is 9.10. The van der Waals surface area contributed by atoms with Crippen LogP contribution >= 0.6 is 39.1 Å². The second-order valence-electron chi connectivity index (χ2n) is 2.50. The van der Waals surface area contributed by atoms with Crippen molar-refractivity contribution in [3.63, 3.8) is 0 Å². The van der Waals surface area contributed by atoms with E-state index >= 15 is 0 Å². The molecule has 0 unspecified atom stereocenters. The largest absolute Gasteiger partial charge is 0.396 e. The van der Waals surface area contributed by atoms with E-state index in [0.717, 1.165) is 0 Å². The van der Waals surface area contributed by atoms with E-state index in [-0.39, 0.29) is 16.5 Å². The highest BCUT2D eigenvalue weighted by Gasteiger charge is 2.14. The van der Waals surface area contributed by atoms with Gasteiger partial charge in [0.1, 0.15) is 0 Å². The molecule has 0 radical (unpaired) electrons. The van der Waals surface area contributed by atoms with Gasteiger partial charge in [0.25, 0.3) is 0 Å². The van der Waals surface area contributed by atoms with Crippen LogP contribution in [0.15, 0.2) is 10.5 Å². The van der Waals surface area contributed by atoms with Gasteiger partial charge in [-0.3, -0.25) is 4.79 Å². The zero-order chi connectivity index (χ0) is 10.2. The van der Waals surface area contributed by atoms with Crippen molar-refractivity contribution in [3.8, 4) is 0 Å². The molecular formula is C8H6BrCl2NO. The van der Waals surface area contributed by atoms with E-state index in [1.807, 2.05) is 0 Å². The van der Waals surface area contributed by atoms with Gasteiger partial charge >= 0.3 is 0 Å². The maximum atomic E-state index is 11.1. The van der Waals surface area contributed by atoms with Crippen molar-refractivity contribution in [1.82, 2.24) is 0 Å². The summed E-state index contributed by atoms with van der Waals surface area (Å²) >= 11 is 14.8. The fourth-order valence-corrected chi connectivity index (χ4v) is 1.93. The van der Waals surface area contributed by atoms with Gasteiger partial charge in [0.05, 0.1) is 15.7 Å². The van der Waals surface area contributed by atoms with Gasteiger partial charge in [0.2, 0.25) is 0 Å². The van der Waals surface area contributed by atoms with Crippen molar-refractivity contribution in [2.45, 2.75) is 6.92 Å². The summed E-state index contributed by atoms with van der Waals surface area (Å²) in [5.41, 5.74) is 6.26. The van der Waals surface area contributed by atoms with Crippen LogP contribution in [-0.2, 0) is 0 Å². The van der Waals surface area contributed by atoms with Crippen molar-refractivity contribution in [2.75, 3.05) is 5.73 Å². The lowest BCUT2D eigenvalue weighted by molar-refractivity contribution is 0.101. The Morgan fingerprint density at radius 1 is 1.54 bits per heavy atom. The minimum Gasteiger partial charge on any atom is -0.396 e. The van der Waals surface area contributed by atoms with Crippen LogP contribution in [0.2, 0.25) is 10.0 Å². The first-order chi connectivity index (χ1) is 5.95. The molecule has 0 saturated carbocycles. The first-order valence-electron chi connectivity index (χ1n) is 3.39. The molecule has 2 N–H and O–H groups in total. The molecule has 0 bridgehead atoms. The van der Waals surface area contributed by atoms with Gasteiger partial charge in [-0.2, -0.15) is 0 Å². The number of hydrogen-bond acceptors (Lipinski definition) is 2. The number of Topliss-reactive ketones (excluding diaryl/α,β-unsaturated/α-hetero) is 1. The molecule has 0 heterocycles. The molecule has 2 nitrogen and oxygen atoms in total. The number of nitrogens with two attached hydrogens (primary N) is 1. The van der Waals surface area contributed by atoms with Crippen molar-refractivity contribution in [3.05, 3.63) is 26.1 Å². The Bertz CT molecular complexity index is 379. The molecule has 0 fully saturated rings. The second kappa shape index (κ2) is 3.86. The van der Waals surface area contributed by atoms with Crippen LogP contribution in [0.4, 0.5) is 5.69 Å². The molecule has 1 rings (SSSR count). The first-order valence-corrected chi connectivity index (χ1v) is 4.94. The number of rotatable bonds is 1. The minimum absolute atomic E-state index is 0.115. The summed E-state index contributed by atoms with van der Waals surface area (Å²) in [6, 6.07) is 1.50. The van der Waals surface area contributed by atoms with Gasteiger partial charge in [-0.25, -0.2) is 0 Å². The number of halogens is 3. The summed E-state index contributed by atoms with van der Waals surface area (Å²) in [5, 5.41) is 0.566. The highest BCUT2D eigenvalue weighted by Crippen LogP contribution is 2.36. The summed E-state index contributed by atoms with van der Waals surface area (Å²) in [4.78, 5) is 11.1. The van der Waals surface area contributed by atoms with E-state index in [9.17, 15) is 4.79 Å². The van der Waals surface area contributed by atoms with Crippen LogP contribution in [0.5, 0.6) is 0 Å². The van der Waals surface area contributed by atoms with E-state index in [2.05, 4.69) is 15.9 Å². The number of hydrogen-bond donors (Lipinski definition) is 1. The van der Waals surface area contributed by atoms with Crippen molar-refractivity contribution >= 4 is 50.6 Å². The molecule has 1 aromatic rings. The normalized spacial score (nSPS) is 10.2. The summed E-state index contributed by atoms with van der Waals surface area (Å²) in [7, 11) is 0. The van der Waals surface area contributed by atoms with Crippen LogP contribution < -0.4 is 5.73 Å². The number of ketones is 1. The molecule has 0 saturated heterocycles. The quantitative estimate of drug-likeness (QED) is 0.486. The maximum absolute atomic E-state index is 11.1. The smallest absolute Gasteiger partial charge is 0.161 e. The molecule has 0 aromatic heterocycles. The van der Waals surface area contributed by atoms with E-state index < -0.39 is 0 Å². The van der Waals surface area contributed by atoms with Crippen molar-refractivity contribution in [2.24, 2.45) is 0 Å². The zero-order valence-electron chi connectivity index (χ0n) is 6.70. The van der Waals surface area contributed by atoms with E-state index in [0.29, 0.717) is 15.1 Å². The molecule has 0 aliphatic carbocycles. The molecular weight excluding hydrogens is 277 g/mol. The van der Waals surface area contributed by atoms with Crippen molar-refractivity contribution < 1.29 is 4.79 Å². The number of benzene rings is 1. The van der Waals surface area contributed by atoms with Gasteiger partial charge < -0.3 is 5.73 Å². The Balaban J connectivity index is 3.50. The van der Waals surface area contributed by atoms with Crippen molar-refractivity contribution in [1.29, 1.82) is 0 Å². The predicted octanol–water partition coefficient (Wildman–Crippen LogP) is 3.54. The van der Waals surface area contributed by atoms with Crippen LogP contribution in [0.1, 0.15) is 17.3 Å². The van der Waals surface area contributed by atoms with E-state index in [1.165, 1.54) is 13.0 Å². The summed E-state index contributed by atoms with van der Waals surface area (Å²) in [5.74, 6) is -0.115. The Kier molecular flexibility index (Phi) is 3.22. The zero-order valence-corrected chi connectivity index (χ0v) is 9.79. The van der Waals surface area contributed by atoms with Gasteiger partial charge in [0.15, 0.2) is 5.78 Å². The average Bonchev–Trinajstić information content (AvgIpc) is 2.07. The molecule has 0 atom stereocenters. The highest BCUT2D eigenvalue weighted by atomic mass is 79.9. The fraction of sp³-hybridized carbons (Fsp3) is 0.125. The minimum atomic E-state index is -0.115. The summed E-state index contributed by atoms with van der Waals surface area (Å²) < 4.78 is 0.489. The molecule has 0 spiro atoms. The lowest BCUT2D eigenvalue weighted by atomic mass is 10.1. The van der Waals surface area contributed by atoms with Crippen LogP contribution in [0, 0.1) is 0 Å². The second-order valence-corrected chi connectivity index (χ2v) is 4.08. The third-order valence-electron chi connectivity index (χ3n) is 1.57. The number of anilines is 1. The number of carbonyl (C=O) groups is 1. The van der Waals surface area contributed by atoms with Gasteiger partial charge in [0, 0.05) is 10.0 Å². The molecule has 13 heavy (non-hydrogen) atoms. The Hall–Kier alpha value is -0.250. The van der Waals surface area contributed by atoms with E-state index in [4.69, 9.17) is 28.9 Å². The van der Waals surface area contributed by atoms with Gasteiger partial charge in [-0.15, -0.1) is 0 Å². The SMILES string of the molecule is CC(=O)c1cc(Cl)c(N)c(Cl)c1Br. The summed E-state index contributed by atoms with van der Waals surface area (Å²) in [6.07, 6.45) is 0. The topological polar surface area (TPSA) is 43.1 Å².